The lowest BCUT2D eigenvalue weighted by molar-refractivity contribution is -0.138. The summed E-state index contributed by atoms with van der Waals surface area (Å²) >= 11 is 6.02. The fourth-order valence-corrected chi connectivity index (χ4v) is 4.63. The van der Waals surface area contributed by atoms with Gasteiger partial charge in [-0.2, -0.15) is 13.2 Å². The van der Waals surface area contributed by atoms with Gasteiger partial charge in [-0.25, -0.2) is 13.4 Å². The van der Waals surface area contributed by atoms with Crippen LogP contribution in [0, 0.1) is 0 Å². The molecule has 2 aromatic carbocycles. The zero-order valence-electron chi connectivity index (χ0n) is 23.2. The molecule has 1 heterocycles. The molecule has 0 saturated carbocycles. The van der Waals surface area contributed by atoms with Gasteiger partial charge in [0.05, 0.1) is 10.5 Å². The van der Waals surface area contributed by atoms with Gasteiger partial charge in [-0.15, -0.1) is 0 Å². The Labute approximate surface area is 238 Å². The molecule has 0 saturated heterocycles. The van der Waals surface area contributed by atoms with Crippen molar-refractivity contribution in [2.75, 3.05) is 6.26 Å². The molecule has 0 fully saturated rings. The minimum atomic E-state index is -4.54. The van der Waals surface area contributed by atoms with E-state index < -0.39 is 39.1 Å². The van der Waals surface area contributed by atoms with E-state index in [0.29, 0.717) is 23.2 Å². The number of pyridine rings is 1. The smallest absolute Gasteiger partial charge is 0.417 e. The summed E-state index contributed by atoms with van der Waals surface area (Å²) in [4.78, 5) is 17.0. The van der Waals surface area contributed by atoms with Gasteiger partial charge in [-0.05, 0) is 68.7 Å². The van der Waals surface area contributed by atoms with E-state index in [1.165, 1.54) is 19.9 Å². The van der Waals surface area contributed by atoms with Crippen molar-refractivity contribution in [1.82, 2.24) is 10.3 Å². The Balaban J connectivity index is 0.00000274. The highest BCUT2D eigenvalue weighted by Gasteiger charge is 2.35. The van der Waals surface area contributed by atoms with Crippen LogP contribution in [-0.2, 0) is 27.2 Å². The van der Waals surface area contributed by atoms with Gasteiger partial charge in [0.15, 0.2) is 15.4 Å². The molecule has 2 unspecified atom stereocenters. The lowest BCUT2D eigenvalue weighted by Crippen LogP contribution is -2.51. The second-order valence-electron chi connectivity index (χ2n) is 9.54. The van der Waals surface area contributed by atoms with Gasteiger partial charge < -0.3 is 10.1 Å². The molecule has 3 aromatic rings. The van der Waals surface area contributed by atoms with Crippen LogP contribution in [0.5, 0.6) is 5.88 Å². The van der Waals surface area contributed by atoms with Crippen LogP contribution in [0.25, 0.3) is 0 Å². The van der Waals surface area contributed by atoms with Crippen LogP contribution in [0.15, 0.2) is 71.8 Å². The molecule has 0 bridgehead atoms. The summed E-state index contributed by atoms with van der Waals surface area (Å²) in [7, 11) is -3.46. The van der Waals surface area contributed by atoms with Gasteiger partial charge in [-0.3, -0.25) is 4.79 Å². The normalized spacial score (nSPS) is 13.4. The second kappa shape index (κ2) is 13.5. The lowest BCUT2D eigenvalue weighted by atomic mass is 9.86. The molecule has 1 N–H and O–H groups in total. The number of ether oxygens (including phenoxy) is 1. The average molecular weight is 599 g/mol. The highest BCUT2D eigenvalue weighted by molar-refractivity contribution is 7.90. The van der Waals surface area contributed by atoms with Crippen molar-refractivity contribution in [2.24, 2.45) is 0 Å². The monoisotopic (exact) mass is 598 g/mol. The quantitative estimate of drug-likeness (QED) is 0.290. The molecule has 0 radical (unpaired) electrons. The largest absolute Gasteiger partial charge is 0.462 e. The van der Waals surface area contributed by atoms with Crippen molar-refractivity contribution in [1.29, 1.82) is 0 Å². The van der Waals surface area contributed by atoms with Crippen LogP contribution in [0.1, 0.15) is 57.2 Å². The Morgan fingerprint density at radius 3 is 2.20 bits per heavy atom. The topological polar surface area (TPSA) is 85.4 Å². The maximum absolute atomic E-state index is 13.2. The predicted molar refractivity (Wildman–Crippen MR) is 150 cm³/mol. The number of sulfone groups is 1. The standard InChI is InChI=1S/C27H28ClF3N2O4S.C2H6/c1-17(33-25(34)26(2,3)37-24-13-10-20(16-32-24)27(29,30)31)23(14-18-8-11-21(28)12-9-18)19-6-5-7-22(15-19)38(4,35)36;1-2/h5-13,15-17,23H,14H2,1-4H3,(H,33,34);1-2H3. The van der Waals surface area contributed by atoms with E-state index in [9.17, 15) is 26.4 Å². The Bertz CT molecular complexity index is 1380. The van der Waals surface area contributed by atoms with Gasteiger partial charge in [0.1, 0.15) is 0 Å². The van der Waals surface area contributed by atoms with Crippen molar-refractivity contribution in [3.63, 3.8) is 0 Å². The fraction of sp³-hybridized carbons (Fsp3) is 0.379. The minimum Gasteiger partial charge on any atom is -0.462 e. The van der Waals surface area contributed by atoms with Crippen LogP contribution in [0.2, 0.25) is 5.02 Å². The number of rotatable bonds is 9. The summed E-state index contributed by atoms with van der Waals surface area (Å²) in [5.74, 6) is -0.988. The van der Waals surface area contributed by atoms with Gasteiger partial charge in [0.25, 0.3) is 5.91 Å². The zero-order chi connectivity index (χ0) is 30.3. The van der Waals surface area contributed by atoms with Crippen LogP contribution in [0.4, 0.5) is 13.2 Å². The van der Waals surface area contributed by atoms with Gasteiger partial charge in [0.2, 0.25) is 5.88 Å². The average Bonchev–Trinajstić information content (AvgIpc) is 2.88. The predicted octanol–water partition coefficient (Wildman–Crippen LogP) is 6.87. The molecule has 1 amide bonds. The fourth-order valence-electron chi connectivity index (χ4n) is 3.83. The summed E-state index contributed by atoms with van der Waals surface area (Å²) in [6.45, 7) is 8.75. The van der Waals surface area contributed by atoms with E-state index in [1.54, 1.807) is 37.3 Å². The third-order valence-electron chi connectivity index (χ3n) is 6.02. The molecule has 0 aliphatic carbocycles. The molecular formula is C29H34ClF3N2O4S. The number of amides is 1. The Hall–Kier alpha value is -3.11. The van der Waals surface area contributed by atoms with Crippen LogP contribution >= 0.6 is 11.6 Å². The zero-order valence-corrected chi connectivity index (χ0v) is 24.8. The van der Waals surface area contributed by atoms with E-state index in [-0.39, 0.29) is 16.7 Å². The van der Waals surface area contributed by atoms with Crippen molar-refractivity contribution in [3.8, 4) is 5.88 Å². The Morgan fingerprint density at radius 1 is 1.05 bits per heavy atom. The first-order valence-electron chi connectivity index (χ1n) is 12.6. The number of alkyl halides is 3. The molecular weight excluding hydrogens is 565 g/mol. The molecule has 3 rings (SSSR count). The van der Waals surface area contributed by atoms with Crippen molar-refractivity contribution in [3.05, 3.63) is 88.6 Å². The molecule has 6 nitrogen and oxygen atoms in total. The second-order valence-corrected chi connectivity index (χ2v) is 12.0. The van der Waals surface area contributed by atoms with Crippen molar-refractivity contribution < 1.29 is 31.1 Å². The molecule has 11 heteroatoms. The highest BCUT2D eigenvalue weighted by atomic mass is 35.5. The van der Waals surface area contributed by atoms with Crippen LogP contribution in [-0.4, -0.2) is 37.2 Å². The highest BCUT2D eigenvalue weighted by Crippen LogP contribution is 2.30. The first kappa shape index (κ1) is 33.1. The lowest BCUT2D eigenvalue weighted by Gasteiger charge is -2.31. The Morgan fingerprint density at radius 2 is 1.68 bits per heavy atom. The first-order valence-corrected chi connectivity index (χ1v) is 14.9. The van der Waals surface area contributed by atoms with Crippen LogP contribution in [0.3, 0.4) is 0 Å². The molecule has 40 heavy (non-hydrogen) atoms. The first-order chi connectivity index (χ1) is 18.6. The van der Waals surface area contributed by atoms with Gasteiger partial charge >= 0.3 is 6.18 Å². The van der Waals surface area contributed by atoms with Crippen molar-refractivity contribution >= 4 is 27.3 Å². The summed E-state index contributed by atoms with van der Waals surface area (Å²) in [6.07, 6.45) is -2.31. The summed E-state index contributed by atoms with van der Waals surface area (Å²) in [5, 5.41) is 3.49. The van der Waals surface area contributed by atoms with E-state index in [1.807, 2.05) is 26.0 Å². The Kier molecular flexibility index (Phi) is 11.2. The minimum absolute atomic E-state index is 0.135. The van der Waals surface area contributed by atoms with E-state index >= 15 is 0 Å². The van der Waals surface area contributed by atoms with Crippen molar-refractivity contribution in [2.45, 2.75) is 69.7 Å². The third kappa shape index (κ3) is 9.23. The number of halogens is 4. The maximum Gasteiger partial charge on any atom is 0.417 e. The van der Waals surface area contributed by atoms with Crippen LogP contribution < -0.4 is 10.1 Å². The number of aromatic nitrogens is 1. The number of nitrogens with zero attached hydrogens (tertiary/aromatic N) is 1. The third-order valence-corrected chi connectivity index (χ3v) is 7.38. The number of carbonyl (C=O) groups is 1. The van der Waals surface area contributed by atoms with E-state index in [4.69, 9.17) is 16.3 Å². The number of nitrogens with one attached hydrogen (secondary N) is 1. The van der Waals surface area contributed by atoms with E-state index in [2.05, 4.69) is 10.3 Å². The number of benzene rings is 2. The van der Waals surface area contributed by atoms with E-state index in [0.717, 1.165) is 24.0 Å². The molecule has 0 aliphatic heterocycles. The van der Waals surface area contributed by atoms with Gasteiger partial charge in [-0.1, -0.05) is 49.7 Å². The summed E-state index contributed by atoms with van der Waals surface area (Å²) < 4.78 is 68.4. The SMILES string of the molecule is CC.CC(NC(=O)C(C)(C)Oc1ccc(C(F)(F)F)cn1)C(Cc1ccc(Cl)cc1)c1cccc(S(C)(=O)=O)c1. The molecule has 0 spiro atoms. The molecule has 0 aliphatic rings. The summed E-state index contributed by atoms with van der Waals surface area (Å²) in [5.41, 5.74) is -0.768. The number of carbonyl (C=O) groups excluding carboxylic acids is 1. The molecule has 1 aromatic heterocycles. The molecule has 2 atom stereocenters. The molecule has 218 valence electrons. The summed E-state index contributed by atoms with van der Waals surface area (Å²) in [6, 6.07) is 15.2. The maximum atomic E-state index is 13.2. The van der Waals surface area contributed by atoms with Gasteiger partial charge in [0, 0.05) is 35.5 Å². The number of hydrogen-bond donors (Lipinski definition) is 1. The number of hydrogen-bond acceptors (Lipinski definition) is 5.